The summed E-state index contributed by atoms with van der Waals surface area (Å²) >= 11 is 0. The van der Waals surface area contributed by atoms with Crippen LogP contribution in [0.4, 0.5) is 0 Å². The van der Waals surface area contributed by atoms with Crippen molar-refractivity contribution in [2.24, 2.45) is 11.7 Å². The lowest BCUT2D eigenvalue weighted by Crippen LogP contribution is -2.44. The molecule has 2 fully saturated rings. The zero-order chi connectivity index (χ0) is 14.3. The first-order chi connectivity index (χ1) is 9.51. The standard InChI is InChI=1S/C14H22N4O2.ClH/c1-9(2)12(19)18-8-3-5-10(18)11-16-13(17-20-11)14(15)6-4-7-14;/h9-10H,3-8,15H2,1-2H3;1H. The maximum Gasteiger partial charge on any atom is 0.249 e. The second-order valence-electron chi connectivity index (χ2n) is 6.31. The highest BCUT2D eigenvalue weighted by molar-refractivity contribution is 5.85. The maximum absolute atomic E-state index is 12.2. The van der Waals surface area contributed by atoms with Crippen molar-refractivity contribution >= 4 is 18.3 Å². The Morgan fingerprint density at radius 1 is 1.43 bits per heavy atom. The Kier molecular flexibility index (Phi) is 4.58. The van der Waals surface area contributed by atoms with Crippen LogP contribution in [0, 0.1) is 5.92 Å². The van der Waals surface area contributed by atoms with Gasteiger partial charge in [0.1, 0.15) is 6.04 Å². The van der Waals surface area contributed by atoms with Crippen molar-refractivity contribution in [3.8, 4) is 0 Å². The van der Waals surface area contributed by atoms with E-state index in [1.54, 1.807) is 0 Å². The van der Waals surface area contributed by atoms with Crippen LogP contribution >= 0.6 is 12.4 Å². The zero-order valence-corrected chi connectivity index (χ0v) is 13.4. The minimum absolute atomic E-state index is 0. The van der Waals surface area contributed by atoms with Gasteiger partial charge in [-0.15, -0.1) is 12.4 Å². The van der Waals surface area contributed by atoms with E-state index in [1.165, 1.54) is 0 Å². The molecule has 2 aliphatic rings. The highest BCUT2D eigenvalue weighted by Crippen LogP contribution is 2.38. The van der Waals surface area contributed by atoms with Crippen molar-refractivity contribution in [1.29, 1.82) is 0 Å². The smallest absolute Gasteiger partial charge is 0.249 e. The van der Waals surface area contributed by atoms with Gasteiger partial charge in [0.15, 0.2) is 5.82 Å². The van der Waals surface area contributed by atoms with Crippen LogP contribution in [-0.2, 0) is 10.3 Å². The topological polar surface area (TPSA) is 85.2 Å². The maximum atomic E-state index is 12.2. The molecule has 7 heteroatoms. The van der Waals surface area contributed by atoms with E-state index in [0.29, 0.717) is 11.7 Å². The van der Waals surface area contributed by atoms with Gasteiger partial charge in [-0.1, -0.05) is 19.0 Å². The van der Waals surface area contributed by atoms with Gasteiger partial charge in [0.2, 0.25) is 11.8 Å². The van der Waals surface area contributed by atoms with Gasteiger partial charge in [-0.3, -0.25) is 4.79 Å². The quantitative estimate of drug-likeness (QED) is 0.924. The Morgan fingerprint density at radius 2 is 2.14 bits per heavy atom. The highest BCUT2D eigenvalue weighted by atomic mass is 35.5. The van der Waals surface area contributed by atoms with Crippen LogP contribution in [0.15, 0.2) is 4.52 Å². The number of halogens is 1. The van der Waals surface area contributed by atoms with E-state index >= 15 is 0 Å². The minimum atomic E-state index is -0.409. The van der Waals surface area contributed by atoms with E-state index in [1.807, 2.05) is 18.7 Å². The summed E-state index contributed by atoms with van der Waals surface area (Å²) < 4.78 is 5.40. The molecular formula is C14H23ClN4O2. The lowest BCUT2D eigenvalue weighted by Gasteiger charge is -2.34. The molecule has 1 aliphatic carbocycles. The molecule has 0 bridgehead atoms. The van der Waals surface area contributed by atoms with E-state index in [2.05, 4.69) is 10.1 Å². The van der Waals surface area contributed by atoms with Gasteiger partial charge in [0, 0.05) is 12.5 Å². The normalized spacial score (nSPS) is 23.8. The third-order valence-corrected chi connectivity index (χ3v) is 4.45. The van der Waals surface area contributed by atoms with E-state index < -0.39 is 5.54 Å². The van der Waals surface area contributed by atoms with Crippen LogP contribution < -0.4 is 5.73 Å². The number of amides is 1. The molecule has 2 N–H and O–H groups in total. The molecule has 3 rings (SSSR count). The first kappa shape index (κ1) is 16.2. The van der Waals surface area contributed by atoms with Crippen LogP contribution in [0.25, 0.3) is 0 Å². The van der Waals surface area contributed by atoms with Gasteiger partial charge in [0.25, 0.3) is 0 Å². The van der Waals surface area contributed by atoms with Gasteiger partial charge >= 0.3 is 0 Å². The van der Waals surface area contributed by atoms with Crippen LogP contribution in [0.1, 0.15) is 63.7 Å². The predicted molar refractivity (Wildman–Crippen MR) is 79.8 cm³/mol. The molecular weight excluding hydrogens is 292 g/mol. The Morgan fingerprint density at radius 3 is 2.71 bits per heavy atom. The van der Waals surface area contributed by atoms with Crippen molar-refractivity contribution in [1.82, 2.24) is 15.0 Å². The molecule has 0 radical (unpaired) electrons. The molecule has 118 valence electrons. The largest absolute Gasteiger partial charge is 0.337 e. The van der Waals surface area contributed by atoms with Crippen LogP contribution in [0.3, 0.4) is 0 Å². The number of hydrogen-bond acceptors (Lipinski definition) is 5. The Labute approximate surface area is 130 Å². The molecule has 1 amide bonds. The number of nitrogens with zero attached hydrogens (tertiary/aromatic N) is 3. The Bertz CT molecular complexity index is 513. The number of hydrogen-bond donors (Lipinski definition) is 1. The monoisotopic (exact) mass is 314 g/mol. The SMILES string of the molecule is CC(C)C(=O)N1CCCC1c1nc(C2(N)CCC2)no1.Cl. The van der Waals surface area contributed by atoms with E-state index in [9.17, 15) is 4.79 Å². The second kappa shape index (κ2) is 5.93. The lowest BCUT2D eigenvalue weighted by molar-refractivity contribution is -0.135. The molecule has 2 heterocycles. The summed E-state index contributed by atoms with van der Waals surface area (Å²) in [5.74, 6) is 1.29. The van der Waals surface area contributed by atoms with E-state index in [0.717, 1.165) is 38.6 Å². The fourth-order valence-corrected chi connectivity index (χ4v) is 2.97. The van der Waals surface area contributed by atoms with Crippen molar-refractivity contribution in [3.05, 3.63) is 11.7 Å². The summed E-state index contributed by atoms with van der Waals surface area (Å²) in [5, 5.41) is 4.04. The summed E-state index contributed by atoms with van der Waals surface area (Å²) in [6.07, 6.45) is 4.80. The third-order valence-electron chi connectivity index (χ3n) is 4.45. The van der Waals surface area contributed by atoms with E-state index in [-0.39, 0.29) is 30.3 Å². The van der Waals surface area contributed by atoms with Gasteiger partial charge in [-0.05, 0) is 32.1 Å². The first-order valence-corrected chi connectivity index (χ1v) is 7.45. The number of carbonyl (C=O) groups is 1. The Balaban J connectivity index is 0.00000161. The van der Waals surface area contributed by atoms with E-state index in [4.69, 9.17) is 10.3 Å². The molecule has 0 spiro atoms. The average Bonchev–Trinajstić information content (AvgIpc) is 3.02. The van der Waals surface area contributed by atoms with Gasteiger partial charge in [0.05, 0.1) is 5.54 Å². The summed E-state index contributed by atoms with van der Waals surface area (Å²) in [6, 6.07) is -0.0742. The van der Waals surface area contributed by atoms with Crippen LogP contribution in [0.5, 0.6) is 0 Å². The molecule has 1 saturated carbocycles. The third kappa shape index (κ3) is 2.79. The fourth-order valence-electron chi connectivity index (χ4n) is 2.97. The molecule has 1 aromatic heterocycles. The lowest BCUT2D eigenvalue weighted by atomic mass is 9.77. The number of aromatic nitrogens is 2. The summed E-state index contributed by atoms with van der Waals surface area (Å²) in [6.45, 7) is 4.60. The van der Waals surface area contributed by atoms with Crippen molar-refractivity contribution in [2.45, 2.75) is 57.5 Å². The minimum Gasteiger partial charge on any atom is -0.337 e. The van der Waals surface area contributed by atoms with Crippen LogP contribution in [-0.4, -0.2) is 27.5 Å². The Hall–Kier alpha value is -1.14. The fraction of sp³-hybridized carbons (Fsp3) is 0.786. The number of carbonyl (C=O) groups excluding carboxylic acids is 1. The van der Waals surface area contributed by atoms with Gasteiger partial charge in [-0.2, -0.15) is 4.98 Å². The summed E-state index contributed by atoms with van der Waals surface area (Å²) in [4.78, 5) is 18.6. The predicted octanol–water partition coefficient (Wildman–Crippen LogP) is 2.15. The molecule has 0 aromatic carbocycles. The average molecular weight is 315 g/mol. The first-order valence-electron chi connectivity index (χ1n) is 7.45. The van der Waals surface area contributed by atoms with Crippen LogP contribution in [0.2, 0.25) is 0 Å². The molecule has 1 atom stereocenters. The van der Waals surface area contributed by atoms with Crippen molar-refractivity contribution in [3.63, 3.8) is 0 Å². The molecule has 1 aliphatic heterocycles. The zero-order valence-electron chi connectivity index (χ0n) is 12.5. The summed E-state index contributed by atoms with van der Waals surface area (Å²) in [7, 11) is 0. The second-order valence-corrected chi connectivity index (χ2v) is 6.31. The number of rotatable bonds is 3. The number of nitrogens with two attached hydrogens (primary N) is 1. The van der Waals surface area contributed by atoms with Gasteiger partial charge < -0.3 is 15.2 Å². The van der Waals surface area contributed by atoms with Crippen molar-refractivity contribution in [2.75, 3.05) is 6.54 Å². The number of likely N-dealkylation sites (tertiary alicyclic amines) is 1. The molecule has 21 heavy (non-hydrogen) atoms. The summed E-state index contributed by atoms with van der Waals surface area (Å²) in [5.41, 5.74) is 5.80. The molecule has 1 saturated heterocycles. The molecule has 1 unspecified atom stereocenters. The molecule has 6 nitrogen and oxygen atoms in total. The highest BCUT2D eigenvalue weighted by Gasteiger charge is 2.41. The van der Waals surface area contributed by atoms with Gasteiger partial charge in [-0.25, -0.2) is 0 Å². The van der Waals surface area contributed by atoms with Crippen molar-refractivity contribution < 1.29 is 9.32 Å². The molecule has 1 aromatic rings.